The monoisotopic (exact) mass is 588 g/mol. The minimum atomic E-state index is -0.785. The van der Waals surface area contributed by atoms with Crippen LogP contribution in [0.3, 0.4) is 0 Å². The third kappa shape index (κ3) is 6.53. The molecule has 0 aliphatic carbocycles. The fourth-order valence-electron chi connectivity index (χ4n) is 3.19. The van der Waals surface area contributed by atoms with E-state index in [9.17, 15) is 25.0 Å². The van der Waals surface area contributed by atoms with Crippen LogP contribution in [-0.2, 0) is 0 Å². The molecule has 0 aliphatic heterocycles. The number of methoxy groups -OCH3 is 2. The molecular formula is C24H21BrN4O9. The molecule has 3 aromatic rings. The normalized spacial score (nSPS) is 10.6. The van der Waals surface area contributed by atoms with Gasteiger partial charge in [-0.3, -0.25) is 25.0 Å². The lowest BCUT2D eigenvalue weighted by molar-refractivity contribution is -0.394. The summed E-state index contributed by atoms with van der Waals surface area (Å²) in [7, 11) is 2.86. The predicted octanol–water partition coefficient (Wildman–Crippen LogP) is 5.24. The quantitative estimate of drug-likeness (QED) is 0.179. The van der Waals surface area contributed by atoms with E-state index in [1.807, 2.05) is 6.92 Å². The second kappa shape index (κ2) is 12.5. The summed E-state index contributed by atoms with van der Waals surface area (Å²) in [6.45, 7) is 2.21. The number of carbonyl (C=O) groups is 1. The molecule has 0 aliphatic rings. The summed E-state index contributed by atoms with van der Waals surface area (Å²) in [5.74, 6) is 0.471. The van der Waals surface area contributed by atoms with E-state index < -0.39 is 27.1 Å². The Bertz CT molecular complexity index is 1410. The van der Waals surface area contributed by atoms with Gasteiger partial charge in [-0.25, -0.2) is 5.43 Å². The van der Waals surface area contributed by atoms with Gasteiger partial charge in [-0.1, -0.05) is 0 Å². The van der Waals surface area contributed by atoms with Crippen LogP contribution in [0.15, 0.2) is 58.1 Å². The molecule has 0 fully saturated rings. The number of carbonyl (C=O) groups excluding carboxylic acids is 1. The summed E-state index contributed by atoms with van der Waals surface area (Å²) in [5.41, 5.74) is 2.17. The number of rotatable bonds is 11. The number of non-ortho nitro benzene ring substituents is 1. The molecule has 0 unspecified atom stereocenters. The van der Waals surface area contributed by atoms with Gasteiger partial charge in [-0.05, 0) is 64.8 Å². The fourth-order valence-corrected chi connectivity index (χ4v) is 3.73. The molecular weight excluding hydrogens is 568 g/mol. The van der Waals surface area contributed by atoms with Gasteiger partial charge in [0.25, 0.3) is 11.6 Å². The largest absolute Gasteiger partial charge is 0.493 e. The first kappa shape index (κ1) is 27.9. The Hall–Kier alpha value is -4.72. The lowest BCUT2D eigenvalue weighted by Gasteiger charge is -2.13. The van der Waals surface area contributed by atoms with Gasteiger partial charge >= 0.3 is 5.69 Å². The Morgan fingerprint density at radius 2 is 1.68 bits per heavy atom. The highest BCUT2D eigenvalue weighted by molar-refractivity contribution is 9.10. The van der Waals surface area contributed by atoms with Crippen LogP contribution in [0.1, 0.15) is 22.8 Å². The maximum absolute atomic E-state index is 12.5. The van der Waals surface area contributed by atoms with Gasteiger partial charge in [0.15, 0.2) is 23.0 Å². The number of amides is 1. The summed E-state index contributed by atoms with van der Waals surface area (Å²) in [4.78, 5) is 33.4. The lowest BCUT2D eigenvalue weighted by Crippen LogP contribution is -2.17. The first-order valence-corrected chi connectivity index (χ1v) is 11.6. The van der Waals surface area contributed by atoms with Crippen LogP contribution in [0.5, 0.6) is 28.7 Å². The summed E-state index contributed by atoms with van der Waals surface area (Å²) in [6, 6.07) is 10.8. The summed E-state index contributed by atoms with van der Waals surface area (Å²) in [5, 5.41) is 26.4. The van der Waals surface area contributed by atoms with Gasteiger partial charge in [0, 0.05) is 11.6 Å². The molecule has 0 radical (unpaired) electrons. The number of hydrogen-bond donors (Lipinski definition) is 1. The van der Waals surface area contributed by atoms with Crippen LogP contribution in [0.2, 0.25) is 0 Å². The molecule has 1 amide bonds. The van der Waals surface area contributed by atoms with Gasteiger partial charge in [0.1, 0.15) is 0 Å². The number of benzene rings is 3. The minimum absolute atomic E-state index is 0.0901. The van der Waals surface area contributed by atoms with Gasteiger partial charge in [-0.2, -0.15) is 5.10 Å². The zero-order valence-corrected chi connectivity index (χ0v) is 21.9. The second-order valence-corrected chi connectivity index (χ2v) is 8.15. The average molecular weight is 589 g/mol. The van der Waals surface area contributed by atoms with Crippen molar-refractivity contribution in [1.82, 2.24) is 5.43 Å². The number of ether oxygens (including phenoxy) is 4. The van der Waals surface area contributed by atoms with Crippen LogP contribution < -0.4 is 24.4 Å². The Kier molecular flexibility index (Phi) is 9.16. The van der Waals surface area contributed by atoms with Crippen molar-refractivity contribution in [3.8, 4) is 28.7 Å². The van der Waals surface area contributed by atoms with Gasteiger partial charge in [0.05, 0.1) is 47.4 Å². The van der Waals surface area contributed by atoms with E-state index in [1.54, 1.807) is 18.2 Å². The summed E-state index contributed by atoms with van der Waals surface area (Å²) >= 11 is 3.33. The third-order valence-electron chi connectivity index (χ3n) is 4.92. The molecule has 0 aromatic heterocycles. The van der Waals surface area contributed by atoms with E-state index in [0.717, 1.165) is 18.2 Å². The van der Waals surface area contributed by atoms with Crippen molar-refractivity contribution in [3.63, 3.8) is 0 Å². The van der Waals surface area contributed by atoms with Crippen molar-refractivity contribution < 1.29 is 33.6 Å². The predicted molar refractivity (Wildman–Crippen MR) is 140 cm³/mol. The van der Waals surface area contributed by atoms with Gasteiger partial charge in [0.2, 0.25) is 5.75 Å². The van der Waals surface area contributed by atoms with Crippen molar-refractivity contribution in [2.45, 2.75) is 6.92 Å². The zero-order valence-electron chi connectivity index (χ0n) is 20.3. The highest BCUT2D eigenvalue weighted by Crippen LogP contribution is 2.42. The molecule has 3 aromatic carbocycles. The van der Waals surface area contributed by atoms with Crippen LogP contribution >= 0.6 is 15.9 Å². The van der Waals surface area contributed by atoms with Crippen molar-refractivity contribution >= 4 is 39.4 Å². The number of nitro groups is 2. The molecule has 13 nitrogen and oxygen atoms in total. The second-order valence-electron chi connectivity index (χ2n) is 7.30. The number of nitrogens with one attached hydrogen (secondary N) is 1. The SMILES string of the molecule is CCOc1cc(C(=O)N/N=C/c2cc(Br)c(Oc3ccc([N+](=O)[O-])cc3[N+](=O)[O-])c(OC)c2)ccc1OC. The topological polar surface area (TPSA) is 165 Å². The molecule has 0 heterocycles. The molecule has 0 saturated carbocycles. The average Bonchev–Trinajstić information content (AvgIpc) is 2.89. The number of nitro benzene ring substituents is 2. The highest BCUT2D eigenvalue weighted by atomic mass is 79.9. The lowest BCUT2D eigenvalue weighted by atomic mass is 10.2. The maximum atomic E-state index is 12.5. The molecule has 3 rings (SSSR count). The van der Waals surface area contributed by atoms with E-state index in [4.69, 9.17) is 18.9 Å². The molecule has 0 spiro atoms. The van der Waals surface area contributed by atoms with Gasteiger partial charge in [-0.15, -0.1) is 0 Å². The van der Waals surface area contributed by atoms with E-state index in [0.29, 0.717) is 33.7 Å². The highest BCUT2D eigenvalue weighted by Gasteiger charge is 2.23. The van der Waals surface area contributed by atoms with Crippen LogP contribution in [0, 0.1) is 20.2 Å². The number of halogens is 1. The van der Waals surface area contributed by atoms with E-state index >= 15 is 0 Å². The van der Waals surface area contributed by atoms with Crippen molar-refractivity contribution in [2.24, 2.45) is 5.10 Å². The van der Waals surface area contributed by atoms with Crippen LogP contribution in [0.25, 0.3) is 0 Å². The van der Waals surface area contributed by atoms with E-state index in [2.05, 4.69) is 26.5 Å². The summed E-state index contributed by atoms with van der Waals surface area (Å²) < 4.78 is 22.1. The van der Waals surface area contributed by atoms with Crippen LogP contribution in [-0.4, -0.2) is 42.8 Å². The van der Waals surface area contributed by atoms with Crippen molar-refractivity contribution in [2.75, 3.05) is 20.8 Å². The molecule has 0 bridgehead atoms. The Balaban J connectivity index is 1.81. The number of hydrazone groups is 1. The minimum Gasteiger partial charge on any atom is -0.493 e. The Morgan fingerprint density at radius 1 is 0.974 bits per heavy atom. The molecule has 14 heteroatoms. The molecule has 0 atom stereocenters. The Labute approximate surface area is 224 Å². The molecule has 198 valence electrons. The van der Waals surface area contributed by atoms with Crippen molar-refractivity contribution in [1.29, 1.82) is 0 Å². The first-order chi connectivity index (χ1) is 18.2. The third-order valence-corrected chi connectivity index (χ3v) is 5.51. The number of hydrogen-bond acceptors (Lipinski definition) is 10. The van der Waals surface area contributed by atoms with Crippen LogP contribution in [0.4, 0.5) is 11.4 Å². The Morgan fingerprint density at radius 3 is 2.32 bits per heavy atom. The van der Waals surface area contributed by atoms with E-state index in [1.165, 1.54) is 32.6 Å². The zero-order chi connectivity index (χ0) is 27.8. The van der Waals surface area contributed by atoms with Crippen molar-refractivity contribution in [3.05, 3.63) is 84.4 Å². The summed E-state index contributed by atoms with van der Waals surface area (Å²) in [6.07, 6.45) is 1.36. The molecule has 0 saturated heterocycles. The standard InChI is InChI=1S/C24H21BrN4O9/c1-4-37-21-11-15(5-7-20(21)35-2)24(30)27-26-13-14-9-17(25)23(22(10-14)36-3)38-19-8-6-16(28(31)32)12-18(19)29(33)34/h5-13H,4H2,1-3H3,(H,27,30)/b26-13+. The fraction of sp³-hybridized carbons (Fsp3) is 0.167. The molecule has 38 heavy (non-hydrogen) atoms. The number of nitrogens with zero attached hydrogens (tertiary/aromatic N) is 3. The van der Waals surface area contributed by atoms with E-state index in [-0.39, 0.29) is 17.2 Å². The first-order valence-electron chi connectivity index (χ1n) is 10.8. The van der Waals surface area contributed by atoms with Gasteiger partial charge < -0.3 is 18.9 Å². The maximum Gasteiger partial charge on any atom is 0.318 e. The smallest absolute Gasteiger partial charge is 0.318 e. The molecule has 1 N–H and O–H groups in total.